The second kappa shape index (κ2) is 6.77. The van der Waals surface area contributed by atoms with Gasteiger partial charge >= 0.3 is 0 Å². The molecule has 0 amide bonds. The SMILES string of the molecule is Cc1ccc(CCN(C)C(CO)C(C)C)cc1. The van der Waals surface area contributed by atoms with Crippen molar-refractivity contribution in [2.75, 3.05) is 20.2 Å². The Labute approximate surface area is 105 Å². The average Bonchev–Trinajstić information content (AvgIpc) is 2.28. The Morgan fingerprint density at radius 3 is 2.24 bits per heavy atom. The van der Waals surface area contributed by atoms with Crippen LogP contribution in [0.4, 0.5) is 0 Å². The summed E-state index contributed by atoms with van der Waals surface area (Å²) < 4.78 is 0. The number of hydrogen-bond donors (Lipinski definition) is 1. The van der Waals surface area contributed by atoms with Gasteiger partial charge in [-0.1, -0.05) is 43.7 Å². The van der Waals surface area contributed by atoms with Gasteiger partial charge in [0.1, 0.15) is 0 Å². The number of rotatable bonds is 6. The second-order valence-corrected chi connectivity index (χ2v) is 5.21. The first-order valence-corrected chi connectivity index (χ1v) is 6.41. The van der Waals surface area contributed by atoms with E-state index in [-0.39, 0.29) is 12.6 Å². The van der Waals surface area contributed by atoms with Crippen LogP contribution in [0.3, 0.4) is 0 Å². The average molecular weight is 235 g/mol. The van der Waals surface area contributed by atoms with E-state index in [4.69, 9.17) is 0 Å². The van der Waals surface area contributed by atoms with Crippen LogP contribution < -0.4 is 0 Å². The molecule has 0 radical (unpaired) electrons. The zero-order chi connectivity index (χ0) is 12.8. The predicted octanol–water partition coefficient (Wildman–Crippen LogP) is 2.49. The highest BCUT2D eigenvalue weighted by atomic mass is 16.3. The van der Waals surface area contributed by atoms with E-state index in [1.165, 1.54) is 11.1 Å². The fourth-order valence-corrected chi connectivity index (χ4v) is 2.09. The molecule has 0 saturated carbocycles. The van der Waals surface area contributed by atoms with Gasteiger partial charge < -0.3 is 10.0 Å². The molecule has 0 bridgehead atoms. The van der Waals surface area contributed by atoms with Crippen molar-refractivity contribution in [2.24, 2.45) is 5.92 Å². The molecule has 1 rings (SSSR count). The van der Waals surface area contributed by atoms with Crippen molar-refractivity contribution >= 4 is 0 Å². The van der Waals surface area contributed by atoms with E-state index in [2.05, 4.69) is 57.0 Å². The molecule has 1 atom stereocenters. The first-order valence-electron chi connectivity index (χ1n) is 6.41. The topological polar surface area (TPSA) is 23.5 Å². The van der Waals surface area contributed by atoms with E-state index in [0.717, 1.165) is 13.0 Å². The standard InChI is InChI=1S/C15H25NO/c1-12(2)15(11-17)16(4)10-9-14-7-5-13(3)6-8-14/h5-8,12,15,17H,9-11H2,1-4H3. The number of likely N-dealkylation sites (N-methyl/N-ethyl adjacent to an activating group) is 1. The van der Waals surface area contributed by atoms with Crippen LogP contribution in [0.2, 0.25) is 0 Å². The number of aliphatic hydroxyl groups is 1. The smallest absolute Gasteiger partial charge is 0.0589 e. The van der Waals surface area contributed by atoms with Crippen LogP contribution >= 0.6 is 0 Å². The van der Waals surface area contributed by atoms with Crippen LogP contribution in [0.5, 0.6) is 0 Å². The first kappa shape index (κ1) is 14.2. The van der Waals surface area contributed by atoms with E-state index in [1.807, 2.05) is 0 Å². The van der Waals surface area contributed by atoms with Gasteiger partial charge in [-0.25, -0.2) is 0 Å². The molecule has 96 valence electrons. The molecular weight excluding hydrogens is 210 g/mol. The molecule has 1 N–H and O–H groups in total. The number of nitrogens with zero attached hydrogens (tertiary/aromatic N) is 1. The summed E-state index contributed by atoms with van der Waals surface area (Å²) in [6.45, 7) is 7.65. The largest absolute Gasteiger partial charge is 0.395 e. The van der Waals surface area contributed by atoms with Crippen molar-refractivity contribution in [1.82, 2.24) is 4.90 Å². The number of hydrogen-bond acceptors (Lipinski definition) is 2. The minimum atomic E-state index is 0.238. The maximum Gasteiger partial charge on any atom is 0.0589 e. The second-order valence-electron chi connectivity index (χ2n) is 5.21. The monoisotopic (exact) mass is 235 g/mol. The normalized spacial score (nSPS) is 13.4. The minimum absolute atomic E-state index is 0.238. The van der Waals surface area contributed by atoms with Crippen LogP contribution in [0.25, 0.3) is 0 Å². The minimum Gasteiger partial charge on any atom is -0.395 e. The molecule has 1 unspecified atom stereocenters. The molecule has 0 fully saturated rings. The van der Waals surface area contributed by atoms with E-state index < -0.39 is 0 Å². The molecule has 2 nitrogen and oxygen atoms in total. The Morgan fingerprint density at radius 2 is 1.76 bits per heavy atom. The summed E-state index contributed by atoms with van der Waals surface area (Å²) in [6, 6.07) is 8.95. The van der Waals surface area contributed by atoms with Crippen molar-refractivity contribution in [3.63, 3.8) is 0 Å². The molecule has 0 saturated heterocycles. The third-order valence-corrected chi connectivity index (χ3v) is 3.40. The Bertz CT molecular complexity index is 318. The molecular formula is C15H25NO. The molecule has 0 spiro atoms. The van der Waals surface area contributed by atoms with Gasteiger partial charge in [-0.2, -0.15) is 0 Å². The van der Waals surface area contributed by atoms with Gasteiger partial charge in [0.15, 0.2) is 0 Å². The lowest BCUT2D eigenvalue weighted by Crippen LogP contribution is -2.39. The van der Waals surface area contributed by atoms with Crippen molar-refractivity contribution < 1.29 is 5.11 Å². The third kappa shape index (κ3) is 4.49. The molecule has 0 heterocycles. The molecule has 17 heavy (non-hydrogen) atoms. The van der Waals surface area contributed by atoms with Gasteiger partial charge in [-0.3, -0.25) is 0 Å². The van der Waals surface area contributed by atoms with Crippen molar-refractivity contribution in [3.8, 4) is 0 Å². The summed E-state index contributed by atoms with van der Waals surface area (Å²) >= 11 is 0. The summed E-state index contributed by atoms with van der Waals surface area (Å²) in [6.07, 6.45) is 1.04. The molecule has 0 aliphatic heterocycles. The van der Waals surface area contributed by atoms with Gasteiger partial charge in [0, 0.05) is 12.6 Å². The molecule has 0 aliphatic rings. The Hall–Kier alpha value is -0.860. The van der Waals surface area contributed by atoms with Gasteiger partial charge in [0.05, 0.1) is 6.61 Å². The highest BCUT2D eigenvalue weighted by Gasteiger charge is 2.16. The predicted molar refractivity (Wildman–Crippen MR) is 73.2 cm³/mol. The lowest BCUT2D eigenvalue weighted by atomic mass is 10.0. The van der Waals surface area contributed by atoms with Gasteiger partial charge in [0.25, 0.3) is 0 Å². The summed E-state index contributed by atoms with van der Waals surface area (Å²) in [5, 5.41) is 9.36. The van der Waals surface area contributed by atoms with Gasteiger partial charge in [-0.05, 0) is 31.9 Å². The van der Waals surface area contributed by atoms with E-state index in [9.17, 15) is 5.11 Å². The number of aliphatic hydroxyl groups excluding tert-OH is 1. The molecule has 1 aromatic rings. The van der Waals surface area contributed by atoms with Crippen LogP contribution in [0.1, 0.15) is 25.0 Å². The summed E-state index contributed by atoms with van der Waals surface area (Å²) in [4.78, 5) is 2.25. The van der Waals surface area contributed by atoms with Gasteiger partial charge in [0.2, 0.25) is 0 Å². The maximum absolute atomic E-state index is 9.36. The summed E-state index contributed by atoms with van der Waals surface area (Å²) in [7, 11) is 2.09. The number of benzene rings is 1. The van der Waals surface area contributed by atoms with E-state index in [1.54, 1.807) is 0 Å². The van der Waals surface area contributed by atoms with Crippen molar-refractivity contribution in [2.45, 2.75) is 33.2 Å². The summed E-state index contributed by atoms with van der Waals surface area (Å²) in [5.74, 6) is 0.489. The Morgan fingerprint density at radius 1 is 1.18 bits per heavy atom. The van der Waals surface area contributed by atoms with Crippen molar-refractivity contribution in [3.05, 3.63) is 35.4 Å². The lowest BCUT2D eigenvalue weighted by molar-refractivity contribution is 0.114. The van der Waals surface area contributed by atoms with E-state index in [0.29, 0.717) is 5.92 Å². The van der Waals surface area contributed by atoms with Crippen LogP contribution in [-0.2, 0) is 6.42 Å². The van der Waals surface area contributed by atoms with Crippen LogP contribution in [0.15, 0.2) is 24.3 Å². The molecule has 1 aromatic carbocycles. The fraction of sp³-hybridized carbons (Fsp3) is 0.600. The van der Waals surface area contributed by atoms with Crippen molar-refractivity contribution in [1.29, 1.82) is 0 Å². The third-order valence-electron chi connectivity index (χ3n) is 3.40. The number of aryl methyl sites for hydroxylation is 1. The quantitative estimate of drug-likeness (QED) is 0.819. The molecule has 2 heteroatoms. The first-order chi connectivity index (χ1) is 8.04. The molecule has 0 aromatic heterocycles. The molecule has 0 aliphatic carbocycles. The fourth-order valence-electron chi connectivity index (χ4n) is 2.09. The zero-order valence-electron chi connectivity index (χ0n) is 11.5. The van der Waals surface area contributed by atoms with Crippen LogP contribution in [-0.4, -0.2) is 36.2 Å². The Balaban J connectivity index is 2.47. The highest BCUT2D eigenvalue weighted by molar-refractivity contribution is 5.21. The summed E-state index contributed by atoms with van der Waals surface area (Å²) in [5.41, 5.74) is 2.67. The van der Waals surface area contributed by atoms with Crippen LogP contribution in [0, 0.1) is 12.8 Å². The Kier molecular flexibility index (Phi) is 5.66. The zero-order valence-corrected chi connectivity index (χ0v) is 11.5. The maximum atomic E-state index is 9.36. The van der Waals surface area contributed by atoms with E-state index >= 15 is 0 Å². The van der Waals surface area contributed by atoms with Gasteiger partial charge in [-0.15, -0.1) is 0 Å². The lowest BCUT2D eigenvalue weighted by Gasteiger charge is -2.29. The highest BCUT2D eigenvalue weighted by Crippen LogP contribution is 2.10.